The largest absolute Gasteiger partial charge is 0.705 e. The van der Waals surface area contributed by atoms with Gasteiger partial charge in [0.2, 0.25) is 0 Å². The van der Waals surface area contributed by atoms with Gasteiger partial charge in [-0.15, -0.1) is 0 Å². The predicted molar refractivity (Wildman–Crippen MR) is 52.8 cm³/mol. The van der Waals surface area contributed by atoms with Gasteiger partial charge in [-0.3, -0.25) is 35.1 Å². The van der Waals surface area contributed by atoms with Crippen LogP contribution in [0.15, 0.2) is 0 Å². The van der Waals surface area contributed by atoms with E-state index < -0.39 is 38.2 Å². The number of nitro groups is 3. The molecule has 17 heavy (non-hydrogen) atoms. The van der Waals surface area contributed by atoms with Crippen molar-refractivity contribution in [3.05, 3.63) is 30.3 Å². The number of ketones is 1. The lowest BCUT2D eigenvalue weighted by Gasteiger charge is -2.23. The van der Waals surface area contributed by atoms with Crippen LogP contribution in [0.2, 0.25) is 0 Å². The van der Waals surface area contributed by atoms with Gasteiger partial charge in [-0.25, -0.2) is 0 Å². The normalized spacial score (nSPS) is 11.9. The summed E-state index contributed by atoms with van der Waals surface area (Å²) < 4.78 is 0. The fraction of sp³-hybridized carbons (Fsp3) is 0.857. The van der Waals surface area contributed by atoms with Crippen LogP contribution >= 0.6 is 0 Å². The molecule has 0 aliphatic rings. The second kappa shape index (κ2) is 4.39. The Labute approximate surface area is 95.0 Å². The first-order valence-electron chi connectivity index (χ1n) is 4.43. The zero-order valence-corrected chi connectivity index (χ0v) is 9.41. The average molecular weight is 249 g/mol. The molecule has 0 unspecified atom stereocenters. The molecule has 0 aromatic rings. The number of nitrogens with zero attached hydrogens (tertiary/aromatic N) is 3. The Bertz CT molecular complexity index is 353. The van der Waals surface area contributed by atoms with Gasteiger partial charge < -0.3 is 0 Å². The van der Waals surface area contributed by atoms with Crippen molar-refractivity contribution in [2.45, 2.75) is 33.0 Å². The van der Waals surface area contributed by atoms with Gasteiger partial charge >= 0.3 is 5.79 Å². The fourth-order valence-corrected chi connectivity index (χ4v) is 1.68. The maximum atomic E-state index is 10.9. The van der Waals surface area contributed by atoms with Gasteiger partial charge in [0.05, 0.1) is 0 Å². The first-order chi connectivity index (χ1) is 7.50. The number of hydrogen-bond acceptors (Lipinski definition) is 7. The maximum Gasteiger partial charge on any atom is 0.705 e. The van der Waals surface area contributed by atoms with Crippen LogP contribution in [0.3, 0.4) is 0 Å². The van der Waals surface area contributed by atoms with Crippen LogP contribution in [0.5, 0.6) is 0 Å². The lowest BCUT2D eigenvalue weighted by atomic mass is 9.80. The Hall–Kier alpha value is -2.13. The van der Waals surface area contributed by atoms with Crippen molar-refractivity contribution < 1.29 is 19.6 Å². The van der Waals surface area contributed by atoms with E-state index in [0.29, 0.717) is 0 Å². The Morgan fingerprint density at radius 2 is 1.29 bits per heavy atom. The van der Waals surface area contributed by atoms with E-state index >= 15 is 0 Å². The molecule has 0 bridgehead atoms. The standard InChI is InChI=1S/C7H11N3O7/c1-5(11)4-6(2,3)7(8(12)13,9(14)15)10(16)17/h4H2,1-3H3. The number of carbonyl (C=O) groups excluding carboxylic acids is 1. The van der Waals surface area contributed by atoms with E-state index in [9.17, 15) is 35.1 Å². The summed E-state index contributed by atoms with van der Waals surface area (Å²) in [6, 6.07) is 0. The van der Waals surface area contributed by atoms with Crippen LogP contribution < -0.4 is 0 Å². The number of rotatable bonds is 6. The molecule has 0 aliphatic heterocycles. The van der Waals surface area contributed by atoms with Crippen LogP contribution in [0.25, 0.3) is 0 Å². The molecule has 0 aliphatic carbocycles. The van der Waals surface area contributed by atoms with Gasteiger partial charge in [0.1, 0.15) is 5.78 Å². The van der Waals surface area contributed by atoms with Gasteiger partial charge in [-0.2, -0.15) is 0 Å². The Balaban J connectivity index is 5.93. The summed E-state index contributed by atoms with van der Waals surface area (Å²) in [7, 11) is 0. The third kappa shape index (κ3) is 2.19. The molecule has 0 aromatic heterocycles. The molecular formula is C7H11N3O7. The van der Waals surface area contributed by atoms with Crippen molar-refractivity contribution >= 4 is 5.78 Å². The Kier molecular flexibility index (Phi) is 3.84. The highest BCUT2D eigenvalue weighted by Crippen LogP contribution is 2.38. The lowest BCUT2D eigenvalue weighted by molar-refractivity contribution is -0.985. The number of Topliss-reactive ketones (excluding diaryl/α,β-unsaturated/α-hetero) is 1. The molecule has 0 aromatic carbocycles. The number of carbonyl (C=O) groups is 1. The van der Waals surface area contributed by atoms with Gasteiger partial charge in [-0.1, -0.05) is 0 Å². The highest BCUT2D eigenvalue weighted by molar-refractivity contribution is 5.76. The lowest BCUT2D eigenvalue weighted by Crippen LogP contribution is -2.63. The molecule has 0 amide bonds. The summed E-state index contributed by atoms with van der Waals surface area (Å²) in [6.45, 7) is 2.94. The molecule has 0 atom stereocenters. The van der Waals surface area contributed by atoms with E-state index in [2.05, 4.69) is 0 Å². The maximum absolute atomic E-state index is 10.9. The summed E-state index contributed by atoms with van der Waals surface area (Å²) in [6.07, 6.45) is -0.643. The quantitative estimate of drug-likeness (QED) is 0.377. The topological polar surface area (TPSA) is 146 Å². The molecule has 0 fully saturated rings. The summed E-state index contributed by atoms with van der Waals surface area (Å²) in [5, 5.41) is 32.2. The van der Waals surface area contributed by atoms with E-state index in [-0.39, 0.29) is 0 Å². The summed E-state index contributed by atoms with van der Waals surface area (Å²) >= 11 is 0. The van der Waals surface area contributed by atoms with E-state index in [0.717, 1.165) is 20.8 Å². The minimum Gasteiger partial charge on any atom is -0.300 e. The molecule has 0 rings (SSSR count). The molecule has 0 heterocycles. The van der Waals surface area contributed by atoms with Crippen molar-refractivity contribution in [3.8, 4) is 0 Å². The molecule has 0 saturated heterocycles. The second-order valence-electron chi connectivity index (χ2n) is 4.17. The SMILES string of the molecule is CC(=O)CC(C)(C)C([N+](=O)[O-])([N+](=O)[O-])[N+](=O)[O-]. The third-order valence-corrected chi connectivity index (χ3v) is 2.36. The molecule has 0 radical (unpaired) electrons. The van der Waals surface area contributed by atoms with E-state index in [1.54, 1.807) is 0 Å². The molecule has 0 saturated carbocycles. The van der Waals surface area contributed by atoms with Gasteiger partial charge in [0, 0.05) is 6.42 Å². The van der Waals surface area contributed by atoms with Gasteiger partial charge in [0.15, 0.2) is 20.2 Å². The minimum atomic E-state index is -3.63. The van der Waals surface area contributed by atoms with Crippen molar-refractivity contribution in [1.82, 2.24) is 0 Å². The second-order valence-corrected chi connectivity index (χ2v) is 4.17. The van der Waals surface area contributed by atoms with Crippen LogP contribution in [-0.2, 0) is 4.79 Å². The zero-order valence-electron chi connectivity index (χ0n) is 9.41. The highest BCUT2D eigenvalue weighted by Gasteiger charge is 2.80. The Morgan fingerprint density at radius 1 is 1.00 bits per heavy atom. The molecule has 10 heteroatoms. The first-order valence-corrected chi connectivity index (χ1v) is 4.43. The van der Waals surface area contributed by atoms with Crippen LogP contribution in [0, 0.1) is 35.8 Å². The summed E-state index contributed by atoms with van der Waals surface area (Å²) in [4.78, 5) is 38.4. The summed E-state index contributed by atoms with van der Waals surface area (Å²) in [5.74, 6) is -4.23. The van der Waals surface area contributed by atoms with Crippen LogP contribution in [-0.4, -0.2) is 26.3 Å². The van der Waals surface area contributed by atoms with Crippen LogP contribution in [0.1, 0.15) is 27.2 Å². The zero-order chi connectivity index (χ0) is 14.0. The molecule has 96 valence electrons. The summed E-state index contributed by atoms with van der Waals surface area (Å²) in [5.41, 5.74) is -2.05. The molecule has 10 nitrogen and oxygen atoms in total. The number of hydrogen-bond donors (Lipinski definition) is 0. The molecule has 0 N–H and O–H groups in total. The monoisotopic (exact) mass is 249 g/mol. The van der Waals surface area contributed by atoms with E-state index in [1.807, 2.05) is 0 Å². The van der Waals surface area contributed by atoms with Crippen molar-refractivity contribution in [2.75, 3.05) is 0 Å². The molecular weight excluding hydrogens is 238 g/mol. The van der Waals surface area contributed by atoms with Gasteiger partial charge in [-0.05, 0) is 20.8 Å². The molecule has 0 spiro atoms. The van der Waals surface area contributed by atoms with E-state index in [4.69, 9.17) is 0 Å². The average Bonchev–Trinajstić information content (AvgIpc) is 1.96. The third-order valence-electron chi connectivity index (χ3n) is 2.36. The van der Waals surface area contributed by atoms with Gasteiger partial charge in [0.25, 0.3) is 0 Å². The Morgan fingerprint density at radius 3 is 1.47 bits per heavy atom. The first kappa shape index (κ1) is 14.9. The smallest absolute Gasteiger partial charge is 0.300 e. The minimum absolute atomic E-state index is 0.607. The highest BCUT2D eigenvalue weighted by atomic mass is 16.7. The van der Waals surface area contributed by atoms with Crippen molar-refractivity contribution in [2.24, 2.45) is 5.41 Å². The predicted octanol–water partition coefficient (Wildman–Crippen LogP) is 0.476. The van der Waals surface area contributed by atoms with E-state index in [1.165, 1.54) is 0 Å². The van der Waals surface area contributed by atoms with Crippen molar-refractivity contribution in [1.29, 1.82) is 0 Å². The van der Waals surface area contributed by atoms with Crippen molar-refractivity contribution in [3.63, 3.8) is 0 Å². The fourth-order valence-electron chi connectivity index (χ4n) is 1.68. The van der Waals surface area contributed by atoms with Crippen LogP contribution in [0.4, 0.5) is 0 Å².